The molecule has 0 amide bonds. The first-order chi connectivity index (χ1) is 8.97. The van der Waals surface area contributed by atoms with Gasteiger partial charge in [-0.1, -0.05) is 6.07 Å². The number of rotatable bonds is 3. The first-order valence-electron chi connectivity index (χ1n) is 6.07. The molecule has 2 aromatic carbocycles. The van der Waals surface area contributed by atoms with Crippen LogP contribution in [0.15, 0.2) is 36.4 Å². The molecular weight excluding hydrogens is 241 g/mol. The molecule has 2 aromatic rings. The van der Waals surface area contributed by atoms with Gasteiger partial charge in [0.1, 0.15) is 5.82 Å². The average molecular weight is 259 g/mol. The van der Waals surface area contributed by atoms with Crippen molar-refractivity contribution in [2.75, 3.05) is 30.0 Å². The van der Waals surface area contributed by atoms with Crippen LogP contribution in [0.3, 0.4) is 0 Å². The van der Waals surface area contributed by atoms with E-state index in [1.54, 1.807) is 6.07 Å². The molecular formula is C15H18FN3. The zero-order chi connectivity index (χ0) is 14.0. The molecule has 0 aliphatic rings. The van der Waals surface area contributed by atoms with E-state index >= 15 is 0 Å². The Morgan fingerprint density at radius 3 is 2.47 bits per heavy atom. The van der Waals surface area contributed by atoms with Gasteiger partial charge in [-0.15, -0.1) is 0 Å². The summed E-state index contributed by atoms with van der Waals surface area (Å²) < 4.78 is 13.0. The van der Waals surface area contributed by atoms with Gasteiger partial charge in [0.15, 0.2) is 0 Å². The van der Waals surface area contributed by atoms with E-state index < -0.39 is 0 Å². The number of nitrogens with zero attached hydrogens (tertiary/aromatic N) is 1. The number of nitrogen functional groups attached to an aromatic ring is 1. The Hall–Kier alpha value is -2.23. The number of aryl methyl sites for hydroxylation is 1. The van der Waals surface area contributed by atoms with Crippen LogP contribution < -0.4 is 16.0 Å². The number of benzene rings is 2. The lowest BCUT2D eigenvalue weighted by Crippen LogP contribution is -2.10. The molecule has 0 atom stereocenters. The minimum atomic E-state index is -0.332. The third-order valence-corrected chi connectivity index (χ3v) is 2.98. The van der Waals surface area contributed by atoms with Gasteiger partial charge in [-0.05, 0) is 42.8 Å². The van der Waals surface area contributed by atoms with E-state index in [0.717, 1.165) is 11.4 Å². The quantitative estimate of drug-likeness (QED) is 0.829. The summed E-state index contributed by atoms with van der Waals surface area (Å²) in [5.74, 6) is -0.332. The molecule has 0 aromatic heterocycles. The summed E-state index contributed by atoms with van der Waals surface area (Å²) in [6.07, 6.45) is 0. The van der Waals surface area contributed by atoms with Gasteiger partial charge in [-0.2, -0.15) is 0 Å². The van der Waals surface area contributed by atoms with Crippen LogP contribution in [0.4, 0.5) is 27.1 Å². The molecule has 2 rings (SSSR count). The zero-order valence-corrected chi connectivity index (χ0v) is 11.4. The summed E-state index contributed by atoms with van der Waals surface area (Å²) in [4.78, 5) is 2.05. The molecule has 0 heterocycles. The molecule has 3 nitrogen and oxygen atoms in total. The molecule has 0 unspecified atom stereocenters. The lowest BCUT2D eigenvalue weighted by molar-refractivity contribution is 0.628. The van der Waals surface area contributed by atoms with Crippen molar-refractivity contribution in [2.24, 2.45) is 0 Å². The molecule has 0 aliphatic heterocycles. The van der Waals surface area contributed by atoms with E-state index in [0.29, 0.717) is 11.4 Å². The van der Waals surface area contributed by atoms with Gasteiger partial charge in [-0.25, -0.2) is 4.39 Å². The minimum absolute atomic E-state index is 0.332. The van der Waals surface area contributed by atoms with Crippen molar-refractivity contribution in [3.05, 3.63) is 47.8 Å². The fourth-order valence-corrected chi connectivity index (χ4v) is 1.97. The second kappa shape index (κ2) is 5.18. The summed E-state index contributed by atoms with van der Waals surface area (Å²) in [6.45, 7) is 2.06. The lowest BCUT2D eigenvalue weighted by atomic mass is 10.1. The molecule has 100 valence electrons. The highest BCUT2D eigenvalue weighted by Crippen LogP contribution is 2.27. The van der Waals surface area contributed by atoms with Crippen molar-refractivity contribution >= 4 is 22.7 Å². The van der Waals surface area contributed by atoms with Gasteiger partial charge in [-0.3, -0.25) is 0 Å². The highest BCUT2D eigenvalue weighted by Gasteiger charge is 2.05. The second-order valence-corrected chi connectivity index (χ2v) is 4.75. The van der Waals surface area contributed by atoms with Crippen LogP contribution in [0.2, 0.25) is 0 Å². The number of nitrogens with one attached hydrogen (secondary N) is 1. The number of nitrogens with two attached hydrogens (primary N) is 1. The highest BCUT2D eigenvalue weighted by atomic mass is 19.1. The van der Waals surface area contributed by atoms with Gasteiger partial charge in [0.05, 0.1) is 11.4 Å². The molecule has 0 radical (unpaired) electrons. The standard InChI is InChI=1S/C15H18FN3/c1-10-4-6-12(9-15(10)19(2)3)18-14-7-5-11(16)8-13(14)17/h4-9,18H,17H2,1-3H3. The van der Waals surface area contributed by atoms with Crippen molar-refractivity contribution < 1.29 is 4.39 Å². The average Bonchev–Trinajstić information content (AvgIpc) is 2.34. The number of hydrogen-bond donors (Lipinski definition) is 2. The Balaban J connectivity index is 2.31. The first-order valence-corrected chi connectivity index (χ1v) is 6.07. The van der Waals surface area contributed by atoms with Crippen molar-refractivity contribution in [3.63, 3.8) is 0 Å². The number of hydrogen-bond acceptors (Lipinski definition) is 3. The van der Waals surface area contributed by atoms with E-state index in [1.807, 2.05) is 32.3 Å². The minimum Gasteiger partial charge on any atom is -0.397 e. The molecule has 0 bridgehead atoms. The van der Waals surface area contributed by atoms with Crippen LogP contribution in [0.1, 0.15) is 5.56 Å². The third-order valence-electron chi connectivity index (χ3n) is 2.98. The Kier molecular flexibility index (Phi) is 3.60. The maximum atomic E-state index is 13.0. The molecule has 3 N–H and O–H groups in total. The largest absolute Gasteiger partial charge is 0.397 e. The van der Waals surface area contributed by atoms with Gasteiger partial charge in [0, 0.05) is 25.5 Å². The first kappa shape index (κ1) is 13.2. The molecule has 19 heavy (non-hydrogen) atoms. The SMILES string of the molecule is Cc1ccc(Nc2ccc(F)cc2N)cc1N(C)C. The van der Waals surface area contributed by atoms with E-state index in [1.165, 1.54) is 17.7 Å². The van der Waals surface area contributed by atoms with E-state index in [2.05, 4.69) is 17.1 Å². The van der Waals surface area contributed by atoms with Gasteiger partial charge >= 0.3 is 0 Å². The topological polar surface area (TPSA) is 41.3 Å². The van der Waals surface area contributed by atoms with Crippen LogP contribution in [-0.2, 0) is 0 Å². The number of halogens is 1. The Bertz CT molecular complexity index is 594. The maximum absolute atomic E-state index is 13.0. The fourth-order valence-electron chi connectivity index (χ4n) is 1.97. The monoisotopic (exact) mass is 259 g/mol. The summed E-state index contributed by atoms with van der Waals surface area (Å²) in [6, 6.07) is 10.4. The third kappa shape index (κ3) is 2.96. The van der Waals surface area contributed by atoms with Gasteiger partial charge < -0.3 is 16.0 Å². The molecule has 0 aliphatic carbocycles. The van der Waals surface area contributed by atoms with Gasteiger partial charge in [0.25, 0.3) is 0 Å². The van der Waals surface area contributed by atoms with E-state index in [-0.39, 0.29) is 5.82 Å². The summed E-state index contributed by atoms with van der Waals surface area (Å²) >= 11 is 0. The summed E-state index contributed by atoms with van der Waals surface area (Å²) in [5, 5.41) is 3.20. The molecule has 0 spiro atoms. The normalized spacial score (nSPS) is 10.3. The van der Waals surface area contributed by atoms with Crippen molar-refractivity contribution in [1.29, 1.82) is 0 Å². The van der Waals surface area contributed by atoms with Crippen molar-refractivity contribution in [3.8, 4) is 0 Å². The van der Waals surface area contributed by atoms with Crippen LogP contribution in [-0.4, -0.2) is 14.1 Å². The van der Waals surface area contributed by atoms with E-state index in [4.69, 9.17) is 5.73 Å². The van der Waals surface area contributed by atoms with Crippen molar-refractivity contribution in [2.45, 2.75) is 6.92 Å². The maximum Gasteiger partial charge on any atom is 0.125 e. The smallest absolute Gasteiger partial charge is 0.125 e. The highest BCUT2D eigenvalue weighted by molar-refractivity contribution is 5.74. The fraction of sp³-hybridized carbons (Fsp3) is 0.200. The molecule has 0 saturated heterocycles. The van der Waals surface area contributed by atoms with Crippen molar-refractivity contribution in [1.82, 2.24) is 0 Å². The summed E-state index contributed by atoms with van der Waals surface area (Å²) in [7, 11) is 4.00. The van der Waals surface area contributed by atoms with Crippen LogP contribution >= 0.6 is 0 Å². The predicted octanol–water partition coefficient (Wildman–Crippen LogP) is 3.53. The Morgan fingerprint density at radius 1 is 1.11 bits per heavy atom. The number of anilines is 4. The predicted molar refractivity (Wildman–Crippen MR) is 79.6 cm³/mol. The molecule has 0 fully saturated rings. The van der Waals surface area contributed by atoms with Crippen LogP contribution in [0.25, 0.3) is 0 Å². The molecule has 0 saturated carbocycles. The van der Waals surface area contributed by atoms with Crippen LogP contribution in [0.5, 0.6) is 0 Å². The Labute approximate surface area is 112 Å². The second-order valence-electron chi connectivity index (χ2n) is 4.75. The van der Waals surface area contributed by atoms with Gasteiger partial charge in [0.2, 0.25) is 0 Å². The van der Waals surface area contributed by atoms with Crippen LogP contribution in [0, 0.1) is 12.7 Å². The van der Waals surface area contributed by atoms with E-state index in [9.17, 15) is 4.39 Å². The lowest BCUT2D eigenvalue weighted by Gasteiger charge is -2.18. The zero-order valence-electron chi connectivity index (χ0n) is 11.4. The summed E-state index contributed by atoms with van der Waals surface area (Å²) in [5.41, 5.74) is 10.1. The Morgan fingerprint density at radius 2 is 1.84 bits per heavy atom. The molecule has 4 heteroatoms.